The Morgan fingerprint density at radius 3 is 2.59 bits per heavy atom. The van der Waals surface area contributed by atoms with E-state index in [-0.39, 0.29) is 0 Å². The summed E-state index contributed by atoms with van der Waals surface area (Å²) in [4.78, 5) is 6.78. The molecule has 0 amide bonds. The zero-order valence-electron chi connectivity index (χ0n) is 13.2. The van der Waals surface area contributed by atoms with Gasteiger partial charge in [0.05, 0.1) is 12.7 Å². The van der Waals surface area contributed by atoms with Gasteiger partial charge in [0, 0.05) is 32.0 Å². The van der Waals surface area contributed by atoms with Gasteiger partial charge in [-0.3, -0.25) is 9.88 Å². The number of hydrogen-bond acceptors (Lipinski definition) is 3. The normalized spacial score (nSPS) is 16.8. The molecule has 3 heteroatoms. The fourth-order valence-electron chi connectivity index (χ4n) is 2.98. The summed E-state index contributed by atoms with van der Waals surface area (Å²) in [6.45, 7) is 6.04. The van der Waals surface area contributed by atoms with Gasteiger partial charge >= 0.3 is 0 Å². The minimum absolute atomic E-state index is 0.395. The number of likely N-dealkylation sites (tertiary alicyclic amines) is 1. The van der Waals surface area contributed by atoms with Gasteiger partial charge in [0.25, 0.3) is 0 Å². The first-order chi connectivity index (χ1) is 10.8. The molecule has 22 heavy (non-hydrogen) atoms. The summed E-state index contributed by atoms with van der Waals surface area (Å²) in [6, 6.07) is 12.7. The van der Waals surface area contributed by atoms with Crippen LogP contribution in [0.1, 0.15) is 29.5 Å². The van der Waals surface area contributed by atoms with E-state index in [0.717, 1.165) is 39.1 Å². The number of pyridine rings is 1. The van der Waals surface area contributed by atoms with Crippen molar-refractivity contribution in [1.82, 2.24) is 9.88 Å². The lowest BCUT2D eigenvalue weighted by atomic mass is 10.1. The third-order valence-electron chi connectivity index (χ3n) is 4.20. The zero-order chi connectivity index (χ0) is 15.2. The lowest BCUT2D eigenvalue weighted by Crippen LogP contribution is -2.36. The Labute approximate surface area is 132 Å². The number of nitrogens with zero attached hydrogens (tertiary/aromatic N) is 2. The Morgan fingerprint density at radius 1 is 1.09 bits per heavy atom. The van der Waals surface area contributed by atoms with Crippen LogP contribution < -0.4 is 0 Å². The molecule has 1 fully saturated rings. The first kappa shape index (κ1) is 15.2. The lowest BCUT2D eigenvalue weighted by Gasteiger charge is -2.31. The predicted molar refractivity (Wildman–Crippen MR) is 88.5 cm³/mol. The van der Waals surface area contributed by atoms with Crippen LogP contribution in [0.15, 0.2) is 48.8 Å². The largest absolute Gasteiger partial charge is 0.373 e. The van der Waals surface area contributed by atoms with E-state index in [9.17, 15) is 0 Å². The van der Waals surface area contributed by atoms with Crippen molar-refractivity contribution < 1.29 is 4.74 Å². The second-order valence-electron chi connectivity index (χ2n) is 6.14. The highest BCUT2D eigenvalue weighted by Gasteiger charge is 2.19. The molecule has 0 radical (unpaired) electrons. The van der Waals surface area contributed by atoms with E-state index in [4.69, 9.17) is 4.74 Å². The maximum absolute atomic E-state index is 6.05. The van der Waals surface area contributed by atoms with Crippen molar-refractivity contribution in [3.8, 4) is 0 Å². The van der Waals surface area contributed by atoms with Gasteiger partial charge in [-0.25, -0.2) is 0 Å². The molecule has 3 rings (SSSR count). The summed E-state index contributed by atoms with van der Waals surface area (Å²) in [5.74, 6) is 0. The van der Waals surface area contributed by atoms with Crippen molar-refractivity contribution in [3.05, 3.63) is 65.5 Å². The summed E-state index contributed by atoms with van der Waals surface area (Å²) in [6.07, 6.45) is 6.52. The van der Waals surface area contributed by atoms with Crippen molar-refractivity contribution >= 4 is 0 Å². The quantitative estimate of drug-likeness (QED) is 0.843. The molecule has 0 spiro atoms. The number of benzene rings is 1. The van der Waals surface area contributed by atoms with Crippen molar-refractivity contribution in [3.63, 3.8) is 0 Å². The zero-order valence-corrected chi connectivity index (χ0v) is 13.2. The molecule has 0 N–H and O–H groups in total. The second kappa shape index (κ2) is 7.52. The maximum Gasteiger partial charge on any atom is 0.0720 e. The van der Waals surface area contributed by atoms with Crippen LogP contribution in [-0.4, -0.2) is 29.1 Å². The number of aryl methyl sites for hydroxylation is 1. The second-order valence-corrected chi connectivity index (χ2v) is 6.14. The lowest BCUT2D eigenvalue weighted by molar-refractivity contribution is -0.00395. The van der Waals surface area contributed by atoms with Gasteiger partial charge in [0.1, 0.15) is 0 Å². The van der Waals surface area contributed by atoms with Gasteiger partial charge < -0.3 is 4.74 Å². The van der Waals surface area contributed by atoms with Gasteiger partial charge in [0.15, 0.2) is 0 Å². The van der Waals surface area contributed by atoms with Crippen LogP contribution in [0.25, 0.3) is 0 Å². The summed E-state index contributed by atoms with van der Waals surface area (Å²) in [7, 11) is 0. The average Bonchev–Trinajstić information content (AvgIpc) is 2.55. The van der Waals surface area contributed by atoms with Crippen LogP contribution in [0.4, 0.5) is 0 Å². The SMILES string of the molecule is Cc1cncc(CN2CCC(OCc3ccccc3)CC2)c1. The molecule has 3 nitrogen and oxygen atoms in total. The predicted octanol–water partition coefficient (Wildman–Crippen LogP) is 3.57. The highest BCUT2D eigenvalue weighted by Crippen LogP contribution is 2.17. The highest BCUT2D eigenvalue weighted by atomic mass is 16.5. The number of piperidine rings is 1. The van der Waals surface area contributed by atoms with E-state index in [1.165, 1.54) is 16.7 Å². The van der Waals surface area contributed by atoms with Crippen molar-refractivity contribution in [2.75, 3.05) is 13.1 Å². The molecule has 116 valence electrons. The summed E-state index contributed by atoms with van der Waals surface area (Å²) < 4.78 is 6.05. The van der Waals surface area contributed by atoms with Crippen LogP contribution in [0.2, 0.25) is 0 Å². The number of aromatic nitrogens is 1. The summed E-state index contributed by atoms with van der Waals surface area (Å²) in [5, 5.41) is 0. The standard InChI is InChI=1S/C19H24N2O/c1-16-11-18(13-20-12-16)14-21-9-7-19(8-10-21)22-15-17-5-3-2-4-6-17/h2-6,11-13,19H,7-10,14-15H2,1H3. The number of ether oxygens (including phenoxy) is 1. The van der Waals surface area contributed by atoms with Crippen LogP contribution >= 0.6 is 0 Å². The number of hydrogen-bond donors (Lipinski definition) is 0. The Morgan fingerprint density at radius 2 is 1.86 bits per heavy atom. The third-order valence-corrected chi connectivity index (χ3v) is 4.20. The molecule has 2 aromatic rings. The molecule has 0 atom stereocenters. The minimum atomic E-state index is 0.395. The molecule has 0 aliphatic carbocycles. The van der Waals surface area contributed by atoms with Crippen molar-refractivity contribution in [2.24, 2.45) is 0 Å². The summed E-state index contributed by atoms with van der Waals surface area (Å²) in [5.41, 5.74) is 3.80. The van der Waals surface area contributed by atoms with Crippen LogP contribution in [0.3, 0.4) is 0 Å². The molecular formula is C19H24N2O. The van der Waals surface area contributed by atoms with Gasteiger partial charge in [-0.05, 0) is 36.5 Å². The molecule has 2 heterocycles. The van der Waals surface area contributed by atoms with E-state index in [1.54, 1.807) is 0 Å². The molecule has 0 unspecified atom stereocenters. The van der Waals surface area contributed by atoms with Gasteiger partial charge in [0.2, 0.25) is 0 Å². The van der Waals surface area contributed by atoms with Crippen LogP contribution in [-0.2, 0) is 17.9 Å². The monoisotopic (exact) mass is 296 g/mol. The number of rotatable bonds is 5. The molecule has 1 aromatic carbocycles. The van der Waals surface area contributed by atoms with Crippen LogP contribution in [0.5, 0.6) is 0 Å². The Hall–Kier alpha value is -1.71. The van der Waals surface area contributed by atoms with Crippen LogP contribution in [0, 0.1) is 6.92 Å². The first-order valence-electron chi connectivity index (χ1n) is 8.08. The van der Waals surface area contributed by atoms with E-state index in [2.05, 4.69) is 47.1 Å². The van der Waals surface area contributed by atoms with Crippen molar-refractivity contribution in [1.29, 1.82) is 0 Å². The molecular weight excluding hydrogens is 272 g/mol. The maximum atomic E-state index is 6.05. The molecule has 1 aliphatic rings. The topological polar surface area (TPSA) is 25.4 Å². The minimum Gasteiger partial charge on any atom is -0.373 e. The average molecular weight is 296 g/mol. The van der Waals surface area contributed by atoms with E-state index < -0.39 is 0 Å². The van der Waals surface area contributed by atoms with E-state index in [0.29, 0.717) is 6.10 Å². The third kappa shape index (κ3) is 4.39. The fraction of sp³-hybridized carbons (Fsp3) is 0.421. The Bertz CT molecular complexity index is 577. The molecule has 0 bridgehead atoms. The van der Waals surface area contributed by atoms with Gasteiger partial charge in [-0.15, -0.1) is 0 Å². The molecule has 1 aromatic heterocycles. The molecule has 0 saturated carbocycles. The Kier molecular flexibility index (Phi) is 5.20. The van der Waals surface area contributed by atoms with Gasteiger partial charge in [-0.1, -0.05) is 36.4 Å². The molecule has 1 aliphatic heterocycles. The van der Waals surface area contributed by atoms with Gasteiger partial charge in [-0.2, -0.15) is 0 Å². The highest BCUT2D eigenvalue weighted by molar-refractivity contribution is 5.16. The van der Waals surface area contributed by atoms with Crippen molar-refractivity contribution in [2.45, 2.75) is 39.0 Å². The smallest absolute Gasteiger partial charge is 0.0720 e. The summed E-state index contributed by atoms with van der Waals surface area (Å²) >= 11 is 0. The fourth-order valence-corrected chi connectivity index (χ4v) is 2.98. The van der Waals surface area contributed by atoms with E-state index in [1.807, 2.05) is 18.5 Å². The molecule has 1 saturated heterocycles. The van der Waals surface area contributed by atoms with E-state index >= 15 is 0 Å². The first-order valence-corrected chi connectivity index (χ1v) is 8.08. The Balaban J connectivity index is 1.42.